The molecular formula is C13H13Cl2FN4. The lowest BCUT2D eigenvalue weighted by molar-refractivity contribution is 0.619. The lowest BCUT2D eigenvalue weighted by atomic mass is 10.3. The standard InChI is InChI=1S/C13H13Cl2FN4/c1-2-6-17-13-18-7-9(16)12(20-13)19-10-5-3-4-8(14)11(10)15/h3-5,7H,2,6H2,1H3,(H2,17,18,19,20). The van der Waals surface area contributed by atoms with E-state index in [1.54, 1.807) is 18.2 Å². The number of hydrogen-bond acceptors (Lipinski definition) is 4. The Hall–Kier alpha value is -1.59. The fraction of sp³-hybridized carbons (Fsp3) is 0.231. The van der Waals surface area contributed by atoms with Crippen molar-refractivity contribution in [3.63, 3.8) is 0 Å². The highest BCUT2D eigenvalue weighted by Gasteiger charge is 2.10. The Morgan fingerprint density at radius 3 is 2.85 bits per heavy atom. The predicted octanol–water partition coefficient (Wildman–Crippen LogP) is 4.49. The Morgan fingerprint density at radius 1 is 1.30 bits per heavy atom. The van der Waals surface area contributed by atoms with Gasteiger partial charge in [0.2, 0.25) is 5.95 Å². The lowest BCUT2D eigenvalue weighted by Crippen LogP contribution is -2.07. The maximum absolute atomic E-state index is 13.7. The third kappa shape index (κ3) is 3.49. The highest BCUT2D eigenvalue weighted by atomic mass is 35.5. The third-order valence-electron chi connectivity index (χ3n) is 2.48. The van der Waals surface area contributed by atoms with Crippen molar-refractivity contribution in [2.24, 2.45) is 0 Å². The fourth-order valence-corrected chi connectivity index (χ4v) is 1.85. The topological polar surface area (TPSA) is 49.8 Å². The van der Waals surface area contributed by atoms with Crippen LogP contribution in [0.25, 0.3) is 0 Å². The van der Waals surface area contributed by atoms with E-state index in [0.717, 1.165) is 12.6 Å². The zero-order valence-corrected chi connectivity index (χ0v) is 12.3. The van der Waals surface area contributed by atoms with Crippen LogP contribution in [0.4, 0.5) is 21.8 Å². The van der Waals surface area contributed by atoms with Gasteiger partial charge in [-0.25, -0.2) is 9.37 Å². The first-order valence-electron chi connectivity index (χ1n) is 6.09. The summed E-state index contributed by atoms with van der Waals surface area (Å²) in [6.07, 6.45) is 2.02. The molecule has 0 aliphatic heterocycles. The van der Waals surface area contributed by atoms with Gasteiger partial charge in [-0.15, -0.1) is 0 Å². The zero-order chi connectivity index (χ0) is 14.5. The van der Waals surface area contributed by atoms with Gasteiger partial charge in [-0.05, 0) is 18.6 Å². The molecule has 0 saturated heterocycles. The molecule has 0 unspecified atom stereocenters. The zero-order valence-electron chi connectivity index (χ0n) is 10.8. The van der Waals surface area contributed by atoms with Gasteiger partial charge in [-0.2, -0.15) is 4.98 Å². The van der Waals surface area contributed by atoms with Crippen molar-refractivity contribution in [3.05, 3.63) is 40.3 Å². The number of hydrogen-bond donors (Lipinski definition) is 2. The number of aromatic nitrogens is 2. The molecule has 1 aromatic carbocycles. The van der Waals surface area contributed by atoms with Crippen molar-refractivity contribution in [3.8, 4) is 0 Å². The summed E-state index contributed by atoms with van der Waals surface area (Å²) in [6.45, 7) is 2.73. The number of rotatable bonds is 5. The monoisotopic (exact) mass is 314 g/mol. The van der Waals surface area contributed by atoms with E-state index >= 15 is 0 Å². The van der Waals surface area contributed by atoms with Crippen LogP contribution in [0.15, 0.2) is 24.4 Å². The smallest absolute Gasteiger partial charge is 0.224 e. The molecule has 7 heteroatoms. The van der Waals surface area contributed by atoms with Crippen LogP contribution in [0.2, 0.25) is 10.0 Å². The van der Waals surface area contributed by atoms with E-state index in [4.69, 9.17) is 23.2 Å². The molecule has 0 atom stereocenters. The van der Waals surface area contributed by atoms with E-state index in [0.29, 0.717) is 28.2 Å². The quantitative estimate of drug-likeness (QED) is 0.853. The summed E-state index contributed by atoms with van der Waals surface area (Å²) < 4.78 is 13.7. The molecule has 1 heterocycles. The second kappa shape index (κ2) is 6.72. The average Bonchev–Trinajstić information content (AvgIpc) is 2.44. The molecule has 0 bridgehead atoms. The van der Waals surface area contributed by atoms with Crippen molar-refractivity contribution in [2.45, 2.75) is 13.3 Å². The van der Waals surface area contributed by atoms with E-state index in [1.807, 2.05) is 6.92 Å². The van der Waals surface area contributed by atoms with Gasteiger partial charge in [-0.1, -0.05) is 36.2 Å². The molecule has 4 nitrogen and oxygen atoms in total. The van der Waals surface area contributed by atoms with E-state index in [-0.39, 0.29) is 5.82 Å². The maximum Gasteiger partial charge on any atom is 0.224 e. The van der Waals surface area contributed by atoms with Crippen molar-refractivity contribution < 1.29 is 4.39 Å². The van der Waals surface area contributed by atoms with E-state index < -0.39 is 5.82 Å². The molecule has 0 radical (unpaired) electrons. The van der Waals surface area contributed by atoms with Crippen LogP contribution in [-0.2, 0) is 0 Å². The van der Waals surface area contributed by atoms with Gasteiger partial charge >= 0.3 is 0 Å². The normalized spacial score (nSPS) is 10.4. The SMILES string of the molecule is CCCNc1ncc(F)c(Nc2cccc(Cl)c2Cl)n1. The summed E-state index contributed by atoms with van der Waals surface area (Å²) in [7, 11) is 0. The number of halogens is 3. The molecule has 20 heavy (non-hydrogen) atoms. The van der Waals surface area contributed by atoms with Crippen LogP contribution in [-0.4, -0.2) is 16.5 Å². The van der Waals surface area contributed by atoms with Crippen molar-refractivity contribution in [2.75, 3.05) is 17.2 Å². The molecular weight excluding hydrogens is 302 g/mol. The van der Waals surface area contributed by atoms with Crippen LogP contribution in [0, 0.1) is 5.82 Å². The molecule has 0 amide bonds. The van der Waals surface area contributed by atoms with Crippen LogP contribution in [0.5, 0.6) is 0 Å². The first kappa shape index (κ1) is 14.8. The molecule has 2 rings (SSSR count). The largest absolute Gasteiger partial charge is 0.354 e. The van der Waals surface area contributed by atoms with E-state index in [2.05, 4.69) is 20.6 Å². The van der Waals surface area contributed by atoms with Crippen LogP contribution >= 0.6 is 23.2 Å². The molecule has 0 fully saturated rings. The van der Waals surface area contributed by atoms with Crippen LogP contribution in [0.1, 0.15) is 13.3 Å². The minimum Gasteiger partial charge on any atom is -0.354 e. The van der Waals surface area contributed by atoms with Gasteiger partial charge in [-0.3, -0.25) is 0 Å². The van der Waals surface area contributed by atoms with Crippen LogP contribution < -0.4 is 10.6 Å². The lowest BCUT2D eigenvalue weighted by Gasteiger charge is -2.10. The molecule has 106 valence electrons. The first-order chi connectivity index (χ1) is 9.61. The van der Waals surface area contributed by atoms with Gasteiger partial charge in [0.25, 0.3) is 0 Å². The Bertz CT molecular complexity index is 607. The molecule has 1 aromatic heterocycles. The van der Waals surface area contributed by atoms with Crippen molar-refractivity contribution in [1.82, 2.24) is 9.97 Å². The number of benzene rings is 1. The van der Waals surface area contributed by atoms with Gasteiger partial charge in [0.15, 0.2) is 11.6 Å². The summed E-state index contributed by atoms with van der Waals surface area (Å²) in [5.41, 5.74) is 0.484. The second-order valence-corrected chi connectivity index (χ2v) is 4.83. The summed E-state index contributed by atoms with van der Waals surface area (Å²) in [4.78, 5) is 7.93. The average molecular weight is 315 g/mol. The molecule has 0 aliphatic rings. The Kier molecular flexibility index (Phi) is 4.98. The summed E-state index contributed by atoms with van der Waals surface area (Å²) >= 11 is 12.0. The number of nitrogens with zero attached hydrogens (tertiary/aromatic N) is 2. The van der Waals surface area contributed by atoms with Gasteiger partial charge < -0.3 is 10.6 Å². The van der Waals surface area contributed by atoms with E-state index in [9.17, 15) is 4.39 Å². The Morgan fingerprint density at radius 2 is 2.10 bits per heavy atom. The Labute approximate surface area is 126 Å². The second-order valence-electron chi connectivity index (χ2n) is 4.04. The molecule has 0 saturated carbocycles. The maximum atomic E-state index is 13.7. The molecule has 2 N–H and O–H groups in total. The minimum absolute atomic E-state index is 0.0442. The van der Waals surface area contributed by atoms with Crippen molar-refractivity contribution in [1.29, 1.82) is 0 Å². The number of nitrogens with one attached hydrogen (secondary N) is 2. The van der Waals surface area contributed by atoms with Gasteiger partial charge in [0.05, 0.1) is 21.9 Å². The molecule has 0 spiro atoms. The molecule has 0 aliphatic carbocycles. The van der Waals surface area contributed by atoms with E-state index in [1.165, 1.54) is 0 Å². The minimum atomic E-state index is -0.567. The Balaban J connectivity index is 2.26. The summed E-state index contributed by atoms with van der Waals surface area (Å²) in [5, 5.41) is 6.50. The predicted molar refractivity (Wildman–Crippen MR) is 80.5 cm³/mol. The first-order valence-corrected chi connectivity index (χ1v) is 6.85. The molecule has 2 aromatic rings. The van der Waals surface area contributed by atoms with Gasteiger partial charge in [0, 0.05) is 6.54 Å². The number of anilines is 3. The summed E-state index contributed by atoms with van der Waals surface area (Å²) in [6, 6.07) is 5.06. The van der Waals surface area contributed by atoms with Crippen molar-refractivity contribution >= 4 is 40.7 Å². The highest BCUT2D eigenvalue weighted by Crippen LogP contribution is 2.31. The van der Waals surface area contributed by atoms with Crippen LogP contribution in [0.3, 0.4) is 0 Å². The van der Waals surface area contributed by atoms with Gasteiger partial charge in [0.1, 0.15) is 0 Å². The fourth-order valence-electron chi connectivity index (χ4n) is 1.50. The summed E-state index contributed by atoms with van der Waals surface area (Å²) in [5.74, 6) is -0.167. The highest BCUT2D eigenvalue weighted by molar-refractivity contribution is 6.43. The third-order valence-corrected chi connectivity index (χ3v) is 3.30.